The molecule has 3 heteroatoms. The van der Waals surface area contributed by atoms with Gasteiger partial charge in [0.15, 0.2) is 0 Å². The normalized spacial score (nSPS) is 11.2. The smallest absolute Gasteiger partial charge is 0.124 e. The molecular formula is C20H12Br2O. The number of hydrogen-bond acceptors (Lipinski definition) is 1. The van der Waals surface area contributed by atoms with Crippen molar-refractivity contribution in [3.8, 4) is 16.9 Å². The zero-order valence-electron chi connectivity index (χ0n) is 12.1. The summed E-state index contributed by atoms with van der Waals surface area (Å²) in [7, 11) is 0. The van der Waals surface area contributed by atoms with E-state index >= 15 is 0 Å². The predicted molar refractivity (Wildman–Crippen MR) is 104 cm³/mol. The van der Waals surface area contributed by atoms with Crippen LogP contribution in [0.2, 0.25) is 0 Å². The van der Waals surface area contributed by atoms with E-state index in [-0.39, 0.29) is 5.75 Å². The number of phenolic OH excluding ortho intramolecular Hbond substituents is 1. The van der Waals surface area contributed by atoms with Crippen molar-refractivity contribution in [2.45, 2.75) is 0 Å². The Bertz CT molecular complexity index is 1030. The minimum atomic E-state index is 0.277. The molecule has 23 heavy (non-hydrogen) atoms. The van der Waals surface area contributed by atoms with Gasteiger partial charge in [0.2, 0.25) is 0 Å². The summed E-state index contributed by atoms with van der Waals surface area (Å²) in [5, 5.41) is 15.0. The Hall–Kier alpha value is -1.84. The molecule has 0 bridgehead atoms. The van der Waals surface area contributed by atoms with E-state index in [4.69, 9.17) is 0 Å². The van der Waals surface area contributed by atoms with Crippen LogP contribution in [-0.2, 0) is 0 Å². The number of rotatable bonds is 1. The Labute approximate surface area is 150 Å². The molecule has 4 rings (SSSR count). The van der Waals surface area contributed by atoms with Crippen molar-refractivity contribution in [2.75, 3.05) is 0 Å². The largest absolute Gasteiger partial charge is 0.507 e. The Morgan fingerprint density at radius 1 is 0.652 bits per heavy atom. The molecular weight excluding hydrogens is 416 g/mol. The molecule has 0 radical (unpaired) electrons. The molecule has 0 aliphatic carbocycles. The van der Waals surface area contributed by atoms with E-state index in [0.29, 0.717) is 0 Å². The molecule has 0 heterocycles. The highest BCUT2D eigenvalue weighted by atomic mass is 79.9. The van der Waals surface area contributed by atoms with Gasteiger partial charge in [-0.1, -0.05) is 68.3 Å². The first-order valence-corrected chi connectivity index (χ1v) is 8.82. The van der Waals surface area contributed by atoms with E-state index in [2.05, 4.69) is 56.1 Å². The van der Waals surface area contributed by atoms with Crippen LogP contribution in [0.4, 0.5) is 0 Å². The molecule has 1 nitrogen and oxygen atoms in total. The van der Waals surface area contributed by atoms with E-state index < -0.39 is 0 Å². The molecule has 0 spiro atoms. The van der Waals surface area contributed by atoms with Crippen molar-refractivity contribution >= 4 is 53.4 Å². The second-order valence-electron chi connectivity index (χ2n) is 5.47. The second kappa shape index (κ2) is 5.66. The van der Waals surface area contributed by atoms with Crippen LogP contribution in [-0.4, -0.2) is 5.11 Å². The fraction of sp³-hybridized carbons (Fsp3) is 0. The minimum absolute atomic E-state index is 0.277. The van der Waals surface area contributed by atoms with Gasteiger partial charge in [-0.25, -0.2) is 0 Å². The lowest BCUT2D eigenvalue weighted by molar-refractivity contribution is 0.477. The monoisotopic (exact) mass is 426 g/mol. The maximum absolute atomic E-state index is 10.3. The van der Waals surface area contributed by atoms with Crippen LogP contribution in [0.3, 0.4) is 0 Å². The van der Waals surface area contributed by atoms with Gasteiger partial charge >= 0.3 is 0 Å². The van der Waals surface area contributed by atoms with Crippen LogP contribution in [0, 0.1) is 0 Å². The average molecular weight is 428 g/mol. The quantitative estimate of drug-likeness (QED) is 0.328. The van der Waals surface area contributed by atoms with Crippen molar-refractivity contribution in [3.63, 3.8) is 0 Å². The molecule has 0 fully saturated rings. The first-order chi connectivity index (χ1) is 11.1. The van der Waals surface area contributed by atoms with Crippen LogP contribution in [0.25, 0.3) is 32.7 Å². The summed E-state index contributed by atoms with van der Waals surface area (Å²) >= 11 is 7.20. The van der Waals surface area contributed by atoms with Gasteiger partial charge in [-0.15, -0.1) is 0 Å². The molecule has 0 amide bonds. The zero-order chi connectivity index (χ0) is 16.0. The molecule has 0 saturated heterocycles. The fourth-order valence-electron chi connectivity index (χ4n) is 3.01. The Morgan fingerprint density at radius 2 is 1.30 bits per heavy atom. The maximum Gasteiger partial charge on any atom is 0.124 e. The maximum atomic E-state index is 10.3. The highest BCUT2D eigenvalue weighted by Gasteiger charge is 2.12. The summed E-state index contributed by atoms with van der Waals surface area (Å²) < 4.78 is 1.96. The number of hydrogen-bond donors (Lipinski definition) is 1. The predicted octanol–water partition coefficient (Wildman–Crippen LogP) is 6.89. The highest BCUT2D eigenvalue weighted by Crippen LogP contribution is 2.41. The number of fused-ring (bicyclic) bond motifs is 2. The molecule has 0 aliphatic heterocycles. The Morgan fingerprint density at radius 3 is 2.09 bits per heavy atom. The van der Waals surface area contributed by atoms with Crippen LogP contribution < -0.4 is 0 Å². The van der Waals surface area contributed by atoms with Gasteiger partial charge in [0, 0.05) is 14.5 Å². The standard InChI is InChI=1S/C20H12Br2O/c21-17-7-2-5-13-10-12-4-1-6-14(15(12)11-16(13)17)20-18(22)8-3-9-19(20)23/h1-11,23H. The summed E-state index contributed by atoms with van der Waals surface area (Å²) in [6.45, 7) is 0. The van der Waals surface area contributed by atoms with Gasteiger partial charge in [0.25, 0.3) is 0 Å². The number of halogens is 2. The summed E-state index contributed by atoms with van der Waals surface area (Å²) in [5.41, 5.74) is 1.84. The van der Waals surface area contributed by atoms with Crippen LogP contribution in [0.15, 0.2) is 75.7 Å². The van der Waals surface area contributed by atoms with Crippen molar-refractivity contribution in [1.82, 2.24) is 0 Å². The molecule has 4 aromatic rings. The third-order valence-electron chi connectivity index (χ3n) is 4.09. The van der Waals surface area contributed by atoms with Gasteiger partial charge in [-0.2, -0.15) is 0 Å². The third-order valence-corrected chi connectivity index (χ3v) is 5.44. The average Bonchev–Trinajstić information content (AvgIpc) is 2.54. The fourth-order valence-corrected chi connectivity index (χ4v) is 4.08. The SMILES string of the molecule is Oc1cccc(Br)c1-c1cccc2cc3cccc(Br)c3cc12. The lowest BCUT2D eigenvalue weighted by atomic mass is 9.95. The summed E-state index contributed by atoms with van der Waals surface area (Å²) in [6.07, 6.45) is 0. The lowest BCUT2D eigenvalue weighted by Gasteiger charge is -2.12. The summed E-state index contributed by atoms with van der Waals surface area (Å²) in [6, 6.07) is 22.3. The Kier molecular flexibility index (Phi) is 3.63. The van der Waals surface area contributed by atoms with Gasteiger partial charge in [-0.05, 0) is 57.4 Å². The molecule has 4 aromatic carbocycles. The van der Waals surface area contributed by atoms with Crippen LogP contribution >= 0.6 is 31.9 Å². The molecule has 0 aromatic heterocycles. The first kappa shape index (κ1) is 14.7. The van der Waals surface area contributed by atoms with E-state index in [1.165, 1.54) is 10.8 Å². The topological polar surface area (TPSA) is 20.2 Å². The van der Waals surface area contributed by atoms with E-state index in [1.54, 1.807) is 6.07 Å². The van der Waals surface area contributed by atoms with Gasteiger partial charge < -0.3 is 5.11 Å². The van der Waals surface area contributed by atoms with Crippen molar-refractivity contribution in [3.05, 3.63) is 75.7 Å². The molecule has 0 atom stereocenters. The van der Waals surface area contributed by atoms with Crippen molar-refractivity contribution in [1.29, 1.82) is 0 Å². The second-order valence-corrected chi connectivity index (χ2v) is 7.18. The van der Waals surface area contributed by atoms with Crippen molar-refractivity contribution in [2.24, 2.45) is 0 Å². The van der Waals surface area contributed by atoms with Crippen molar-refractivity contribution < 1.29 is 5.11 Å². The van der Waals surface area contributed by atoms with E-state index in [0.717, 1.165) is 30.8 Å². The minimum Gasteiger partial charge on any atom is -0.507 e. The lowest BCUT2D eigenvalue weighted by Crippen LogP contribution is -1.85. The summed E-state index contributed by atoms with van der Waals surface area (Å²) in [5.74, 6) is 0.277. The number of benzene rings is 4. The van der Waals surface area contributed by atoms with Crippen LogP contribution in [0.1, 0.15) is 0 Å². The van der Waals surface area contributed by atoms with E-state index in [1.807, 2.05) is 36.4 Å². The van der Waals surface area contributed by atoms with E-state index in [9.17, 15) is 5.11 Å². The number of phenols is 1. The molecule has 1 N–H and O–H groups in total. The van der Waals surface area contributed by atoms with Gasteiger partial charge in [0.05, 0.1) is 0 Å². The summed E-state index contributed by atoms with van der Waals surface area (Å²) in [4.78, 5) is 0. The Balaban J connectivity index is 2.14. The molecule has 0 aliphatic rings. The van der Waals surface area contributed by atoms with Crippen LogP contribution in [0.5, 0.6) is 5.75 Å². The molecule has 0 unspecified atom stereocenters. The van der Waals surface area contributed by atoms with Gasteiger partial charge in [0.1, 0.15) is 5.75 Å². The molecule has 112 valence electrons. The first-order valence-electron chi connectivity index (χ1n) is 7.24. The molecule has 0 saturated carbocycles. The number of aromatic hydroxyl groups is 1. The van der Waals surface area contributed by atoms with Gasteiger partial charge in [-0.3, -0.25) is 0 Å². The zero-order valence-corrected chi connectivity index (χ0v) is 15.2. The third kappa shape index (κ3) is 2.44. The highest BCUT2D eigenvalue weighted by molar-refractivity contribution is 9.11.